The van der Waals surface area contributed by atoms with Gasteiger partial charge in [-0.15, -0.1) is 0 Å². The summed E-state index contributed by atoms with van der Waals surface area (Å²) >= 11 is 0. The molecule has 3 aromatic carbocycles. The second kappa shape index (κ2) is 11.6. The van der Waals surface area contributed by atoms with Gasteiger partial charge < -0.3 is 14.3 Å². The van der Waals surface area contributed by atoms with Gasteiger partial charge in [0, 0.05) is 0 Å². The number of para-hydroxylation sites is 1. The second-order valence-electron chi connectivity index (χ2n) is 7.13. The van der Waals surface area contributed by atoms with Crippen LogP contribution >= 0.6 is 0 Å². The van der Waals surface area contributed by atoms with Gasteiger partial charge in [-0.3, -0.25) is 4.79 Å². The fraction of sp³-hybridized carbons (Fsp3) is 0.240. The average molecular weight is 405 g/mol. The van der Waals surface area contributed by atoms with Gasteiger partial charge in [0.25, 0.3) is 0 Å². The molecule has 3 aromatic rings. The summed E-state index contributed by atoms with van der Waals surface area (Å²) in [5, 5.41) is 0. The molecular weight excluding hydrogens is 378 g/mol. The Morgan fingerprint density at radius 3 is 2.07 bits per heavy atom. The van der Waals surface area contributed by atoms with E-state index in [4.69, 9.17) is 15.4 Å². The summed E-state index contributed by atoms with van der Waals surface area (Å²) in [6, 6.07) is 27.3. The number of carbonyl (C=O) groups is 1. The van der Waals surface area contributed by atoms with Crippen LogP contribution in [-0.4, -0.2) is 12.6 Å². The summed E-state index contributed by atoms with van der Waals surface area (Å²) in [4.78, 5) is 16.0. The van der Waals surface area contributed by atoms with Crippen LogP contribution < -0.4 is 15.4 Å². The van der Waals surface area contributed by atoms with Crippen LogP contribution in [0.2, 0.25) is 0 Å². The predicted molar refractivity (Wildman–Crippen MR) is 116 cm³/mol. The summed E-state index contributed by atoms with van der Waals surface area (Å²) in [5.74, 6) is 7.15. The van der Waals surface area contributed by atoms with Crippen molar-refractivity contribution in [1.82, 2.24) is 0 Å². The van der Waals surface area contributed by atoms with Gasteiger partial charge >= 0.3 is 5.97 Å². The SMILES string of the molecule is NOC(=O)CC(CCCOc1ccc(Oc2ccccc2)cc1)Cc1ccccc1. The first-order chi connectivity index (χ1) is 14.7. The molecule has 5 heteroatoms. The number of benzene rings is 3. The summed E-state index contributed by atoms with van der Waals surface area (Å²) in [6.45, 7) is 0.571. The summed E-state index contributed by atoms with van der Waals surface area (Å²) in [6.07, 6.45) is 2.79. The Balaban J connectivity index is 1.45. The minimum Gasteiger partial charge on any atom is -0.494 e. The molecule has 1 atom stereocenters. The van der Waals surface area contributed by atoms with E-state index >= 15 is 0 Å². The Morgan fingerprint density at radius 2 is 1.40 bits per heavy atom. The maximum Gasteiger partial charge on any atom is 0.324 e. The van der Waals surface area contributed by atoms with Gasteiger partial charge in [0.2, 0.25) is 0 Å². The number of carbonyl (C=O) groups excluding carboxylic acids is 1. The molecule has 0 radical (unpaired) electrons. The first-order valence-electron chi connectivity index (χ1n) is 10.1. The van der Waals surface area contributed by atoms with Gasteiger partial charge in [0.15, 0.2) is 0 Å². The van der Waals surface area contributed by atoms with E-state index in [2.05, 4.69) is 17.0 Å². The molecule has 5 nitrogen and oxygen atoms in total. The van der Waals surface area contributed by atoms with E-state index in [1.807, 2.05) is 72.8 Å². The minimum absolute atomic E-state index is 0.161. The highest BCUT2D eigenvalue weighted by atomic mass is 16.7. The number of nitrogens with two attached hydrogens (primary N) is 1. The van der Waals surface area contributed by atoms with Crippen molar-refractivity contribution in [2.45, 2.75) is 25.7 Å². The Bertz CT molecular complexity index is 882. The van der Waals surface area contributed by atoms with Crippen molar-refractivity contribution in [1.29, 1.82) is 0 Å². The van der Waals surface area contributed by atoms with Crippen LogP contribution in [0.25, 0.3) is 0 Å². The van der Waals surface area contributed by atoms with E-state index in [9.17, 15) is 4.79 Å². The van der Waals surface area contributed by atoms with Gasteiger partial charge in [-0.2, -0.15) is 5.90 Å². The second-order valence-corrected chi connectivity index (χ2v) is 7.13. The third-order valence-corrected chi connectivity index (χ3v) is 4.78. The number of ether oxygens (including phenoxy) is 2. The minimum atomic E-state index is -0.383. The molecule has 156 valence electrons. The summed E-state index contributed by atoms with van der Waals surface area (Å²) < 4.78 is 11.6. The third-order valence-electron chi connectivity index (χ3n) is 4.78. The maximum atomic E-state index is 11.6. The van der Waals surface area contributed by atoms with Crippen molar-refractivity contribution < 1.29 is 19.1 Å². The Kier molecular flexibility index (Phi) is 8.30. The van der Waals surface area contributed by atoms with Crippen LogP contribution in [0.15, 0.2) is 84.9 Å². The van der Waals surface area contributed by atoms with Crippen molar-refractivity contribution in [2.75, 3.05) is 6.61 Å². The van der Waals surface area contributed by atoms with Crippen LogP contribution in [0, 0.1) is 5.92 Å². The van der Waals surface area contributed by atoms with Crippen LogP contribution in [0.3, 0.4) is 0 Å². The van der Waals surface area contributed by atoms with Gasteiger partial charge in [0.05, 0.1) is 13.0 Å². The normalized spacial score (nSPS) is 11.5. The zero-order valence-electron chi connectivity index (χ0n) is 16.9. The Morgan fingerprint density at radius 1 is 0.800 bits per heavy atom. The van der Waals surface area contributed by atoms with E-state index in [1.54, 1.807) is 0 Å². The third kappa shape index (κ3) is 7.26. The molecule has 0 aliphatic carbocycles. The quantitative estimate of drug-likeness (QED) is 0.346. The lowest BCUT2D eigenvalue weighted by atomic mass is 9.92. The summed E-state index contributed by atoms with van der Waals surface area (Å²) in [5.41, 5.74) is 1.20. The topological polar surface area (TPSA) is 70.8 Å². The Labute approximate surface area is 177 Å². The average Bonchev–Trinajstić information content (AvgIpc) is 2.79. The van der Waals surface area contributed by atoms with Gasteiger partial charge in [-0.05, 0) is 67.1 Å². The van der Waals surface area contributed by atoms with Crippen molar-refractivity contribution in [3.63, 3.8) is 0 Å². The molecule has 0 saturated carbocycles. The van der Waals surface area contributed by atoms with E-state index in [1.165, 1.54) is 5.56 Å². The zero-order chi connectivity index (χ0) is 21.0. The molecule has 0 saturated heterocycles. The number of hydrogen-bond donors (Lipinski definition) is 1. The first-order valence-corrected chi connectivity index (χ1v) is 10.1. The molecule has 3 rings (SSSR count). The van der Waals surface area contributed by atoms with E-state index in [0.29, 0.717) is 13.0 Å². The zero-order valence-corrected chi connectivity index (χ0v) is 16.9. The highest BCUT2D eigenvalue weighted by Gasteiger charge is 2.15. The molecule has 0 fully saturated rings. The van der Waals surface area contributed by atoms with Gasteiger partial charge in [-0.1, -0.05) is 48.5 Å². The van der Waals surface area contributed by atoms with Crippen LogP contribution in [0.1, 0.15) is 24.8 Å². The lowest BCUT2D eigenvalue weighted by molar-refractivity contribution is -0.145. The summed E-state index contributed by atoms with van der Waals surface area (Å²) in [7, 11) is 0. The molecule has 0 bridgehead atoms. The Hall–Kier alpha value is -3.31. The molecule has 1 unspecified atom stereocenters. The highest BCUT2D eigenvalue weighted by Crippen LogP contribution is 2.24. The fourth-order valence-electron chi connectivity index (χ4n) is 3.30. The lowest BCUT2D eigenvalue weighted by Gasteiger charge is -2.16. The largest absolute Gasteiger partial charge is 0.494 e. The van der Waals surface area contributed by atoms with Gasteiger partial charge in [0.1, 0.15) is 17.2 Å². The fourth-order valence-corrected chi connectivity index (χ4v) is 3.30. The van der Waals surface area contributed by atoms with E-state index < -0.39 is 0 Å². The lowest BCUT2D eigenvalue weighted by Crippen LogP contribution is -2.17. The maximum absolute atomic E-state index is 11.6. The van der Waals surface area contributed by atoms with Crippen LogP contribution in [0.4, 0.5) is 0 Å². The molecule has 0 amide bonds. The van der Waals surface area contributed by atoms with Crippen molar-refractivity contribution in [3.05, 3.63) is 90.5 Å². The molecule has 2 N–H and O–H groups in total. The predicted octanol–water partition coefficient (Wildman–Crippen LogP) is 5.30. The standard InChI is InChI=1S/C25H27NO4/c26-30-25(27)19-21(18-20-8-3-1-4-9-20)10-7-17-28-22-13-15-24(16-14-22)29-23-11-5-2-6-12-23/h1-6,8-9,11-16,21H,7,10,17-19,26H2. The molecule has 0 aliphatic rings. The molecule has 0 spiro atoms. The molecule has 0 heterocycles. The number of hydrogen-bond acceptors (Lipinski definition) is 5. The van der Waals surface area contributed by atoms with Crippen molar-refractivity contribution >= 4 is 5.97 Å². The number of rotatable bonds is 11. The highest BCUT2D eigenvalue weighted by molar-refractivity contribution is 5.69. The molecular formula is C25H27NO4. The van der Waals surface area contributed by atoms with Crippen LogP contribution in [0.5, 0.6) is 17.2 Å². The monoisotopic (exact) mass is 405 g/mol. The van der Waals surface area contributed by atoms with Gasteiger partial charge in [-0.25, -0.2) is 0 Å². The first kappa shape index (κ1) is 21.4. The smallest absolute Gasteiger partial charge is 0.324 e. The van der Waals surface area contributed by atoms with Crippen molar-refractivity contribution in [3.8, 4) is 17.2 Å². The van der Waals surface area contributed by atoms with Crippen molar-refractivity contribution in [2.24, 2.45) is 11.8 Å². The molecule has 0 aromatic heterocycles. The van der Waals surface area contributed by atoms with Crippen LogP contribution in [-0.2, 0) is 16.1 Å². The molecule has 30 heavy (non-hydrogen) atoms. The van der Waals surface area contributed by atoms with E-state index in [0.717, 1.165) is 36.5 Å². The molecule has 0 aliphatic heterocycles. The van der Waals surface area contributed by atoms with E-state index in [-0.39, 0.29) is 11.9 Å².